The average Bonchev–Trinajstić information content (AvgIpc) is 2.73. The molecule has 8 N–H and O–H groups in total. The van der Waals surface area contributed by atoms with E-state index in [4.69, 9.17) is 17.3 Å². The fourth-order valence-electron chi connectivity index (χ4n) is 2.66. The van der Waals surface area contributed by atoms with Gasteiger partial charge in [-0.3, -0.25) is 4.79 Å². The fourth-order valence-corrected chi connectivity index (χ4v) is 2.66. The van der Waals surface area contributed by atoms with E-state index in [1.165, 1.54) is 34.5 Å². The lowest BCUT2D eigenvalue weighted by Crippen LogP contribution is -2.20. The summed E-state index contributed by atoms with van der Waals surface area (Å²) in [6.07, 6.45) is 8.78. The first kappa shape index (κ1) is 30.5. The molecule has 0 atom stereocenters. The predicted molar refractivity (Wildman–Crippen MR) is 134 cm³/mol. The third kappa shape index (κ3) is 14.9. The van der Waals surface area contributed by atoms with E-state index in [-0.39, 0.29) is 5.91 Å². The van der Waals surface area contributed by atoms with Gasteiger partial charge in [0, 0.05) is 50.5 Å². The maximum atomic E-state index is 11.5. The van der Waals surface area contributed by atoms with Crippen molar-refractivity contribution in [2.24, 2.45) is 17.3 Å². The molecule has 0 aliphatic heterocycles. The second kappa shape index (κ2) is 18.1. The van der Waals surface area contributed by atoms with Crippen molar-refractivity contribution in [3.8, 4) is 0 Å². The van der Waals surface area contributed by atoms with Crippen LogP contribution in [-0.4, -0.2) is 32.1 Å². The molecule has 0 aliphatic carbocycles. The Labute approximate surface area is 190 Å². The molecule has 1 amide bonds. The monoisotopic (exact) mass is 434 g/mol. The average molecular weight is 435 g/mol. The zero-order chi connectivity index (χ0) is 24.4. The Kier molecular flexibility index (Phi) is 17.8. The smallest absolute Gasteiger partial charge is 0.251 e. The first-order chi connectivity index (χ1) is 14.6. The summed E-state index contributed by atoms with van der Waals surface area (Å²) in [4.78, 5) is 11.5. The number of benzene rings is 1. The first-order valence-corrected chi connectivity index (χ1v) is 10.9. The highest BCUT2D eigenvalue weighted by atomic mass is 16.1. The maximum absolute atomic E-state index is 11.5. The highest BCUT2D eigenvalue weighted by Gasteiger charge is 2.09. The van der Waals surface area contributed by atoms with Gasteiger partial charge in [-0.1, -0.05) is 27.2 Å². The van der Waals surface area contributed by atoms with Gasteiger partial charge in [-0.2, -0.15) is 0 Å². The Bertz CT molecular complexity index is 672. The largest absolute Gasteiger partial charge is 0.401 e. The number of carbonyl (C=O) groups is 1. The SMILES string of the molecule is CC/C(N)=C/N(C)N.CC/C(N)=C/NC.CCCCc1c(C)cc(C(=O)NC)cc1C. The predicted octanol–water partition coefficient (Wildman–Crippen LogP) is 3.42. The van der Waals surface area contributed by atoms with E-state index in [1.807, 2.05) is 33.0 Å². The molecule has 1 aromatic rings. The first-order valence-electron chi connectivity index (χ1n) is 10.9. The van der Waals surface area contributed by atoms with E-state index in [0.717, 1.165) is 36.2 Å². The van der Waals surface area contributed by atoms with Gasteiger partial charge in [-0.25, -0.2) is 5.84 Å². The molecule has 0 fully saturated rings. The molecule has 31 heavy (non-hydrogen) atoms. The lowest BCUT2D eigenvalue weighted by Gasteiger charge is -2.11. The lowest BCUT2D eigenvalue weighted by molar-refractivity contribution is 0.0963. The molecule has 0 aromatic heterocycles. The third-order valence-corrected chi connectivity index (χ3v) is 4.48. The minimum Gasteiger partial charge on any atom is -0.401 e. The van der Waals surface area contributed by atoms with Gasteiger partial charge in [-0.15, -0.1) is 0 Å². The number of amides is 1. The van der Waals surface area contributed by atoms with E-state index in [9.17, 15) is 4.79 Å². The van der Waals surface area contributed by atoms with Gasteiger partial charge < -0.3 is 27.1 Å². The van der Waals surface area contributed by atoms with E-state index in [1.54, 1.807) is 26.5 Å². The second-order valence-electron chi connectivity index (χ2n) is 7.36. The lowest BCUT2D eigenvalue weighted by atomic mass is 9.95. The molecule has 1 aromatic carbocycles. The summed E-state index contributed by atoms with van der Waals surface area (Å²) in [5.41, 5.74) is 17.1. The molecule has 7 nitrogen and oxygen atoms in total. The Hall–Kier alpha value is -2.67. The molecule has 0 bridgehead atoms. The molecule has 0 radical (unpaired) electrons. The number of carbonyl (C=O) groups excluding carboxylic acids is 1. The molecule has 0 spiro atoms. The maximum Gasteiger partial charge on any atom is 0.251 e. The quantitative estimate of drug-likeness (QED) is 0.316. The number of hydrogen-bond donors (Lipinski definition) is 5. The zero-order valence-electron chi connectivity index (χ0n) is 20.9. The number of nitrogens with zero attached hydrogens (tertiary/aromatic N) is 1. The van der Waals surface area contributed by atoms with Crippen LogP contribution < -0.4 is 27.9 Å². The number of aryl methyl sites for hydroxylation is 2. The molecule has 0 aliphatic rings. The van der Waals surface area contributed by atoms with Crippen molar-refractivity contribution in [3.05, 3.63) is 58.2 Å². The van der Waals surface area contributed by atoms with E-state index in [2.05, 4.69) is 31.4 Å². The van der Waals surface area contributed by atoms with E-state index in [0.29, 0.717) is 0 Å². The molecule has 0 saturated carbocycles. The molecular formula is C24H46N6O. The van der Waals surface area contributed by atoms with Crippen LogP contribution >= 0.6 is 0 Å². The Morgan fingerprint density at radius 3 is 1.84 bits per heavy atom. The highest BCUT2D eigenvalue weighted by molar-refractivity contribution is 5.94. The van der Waals surface area contributed by atoms with Crippen molar-refractivity contribution < 1.29 is 4.79 Å². The number of hydrogen-bond acceptors (Lipinski definition) is 6. The molecule has 178 valence electrons. The molecule has 0 heterocycles. The molecule has 7 heteroatoms. The fraction of sp³-hybridized carbons (Fsp3) is 0.542. The highest BCUT2D eigenvalue weighted by Crippen LogP contribution is 2.19. The standard InChI is InChI=1S/C14H21NO.C5H13N3.C5H12N2/c1-5-6-7-13-10(2)8-12(9-11(13)3)14(16)15-4;1-3-5(6)4-8(2)7;1-3-5(6)4-7-2/h8-9H,5-7H2,1-4H3,(H,15,16);4H,3,6-7H2,1-2H3;4,7H,3,6H2,1-2H3/b;2*5-4-. The summed E-state index contributed by atoms with van der Waals surface area (Å²) in [5.74, 6) is 5.24. The summed E-state index contributed by atoms with van der Waals surface area (Å²) < 4.78 is 0. The summed E-state index contributed by atoms with van der Waals surface area (Å²) in [5, 5.41) is 6.93. The van der Waals surface area contributed by atoms with Crippen molar-refractivity contribution in [1.82, 2.24) is 15.6 Å². The van der Waals surface area contributed by atoms with Gasteiger partial charge in [0.1, 0.15) is 0 Å². The van der Waals surface area contributed by atoms with Crippen LogP contribution in [0.15, 0.2) is 35.9 Å². The topological polar surface area (TPSA) is 122 Å². The molecular weight excluding hydrogens is 388 g/mol. The zero-order valence-corrected chi connectivity index (χ0v) is 20.9. The number of hydrazine groups is 1. The van der Waals surface area contributed by atoms with Crippen LogP contribution in [-0.2, 0) is 6.42 Å². The van der Waals surface area contributed by atoms with Crippen LogP contribution in [0.5, 0.6) is 0 Å². The van der Waals surface area contributed by atoms with E-state index >= 15 is 0 Å². The number of unbranched alkanes of at least 4 members (excludes halogenated alkanes) is 1. The van der Waals surface area contributed by atoms with Gasteiger partial charge in [0.15, 0.2) is 0 Å². The van der Waals surface area contributed by atoms with Crippen LogP contribution in [0.2, 0.25) is 0 Å². The Balaban J connectivity index is 0. The number of nitrogens with two attached hydrogens (primary N) is 3. The summed E-state index contributed by atoms with van der Waals surface area (Å²) >= 11 is 0. The van der Waals surface area contributed by atoms with Crippen molar-refractivity contribution in [2.75, 3.05) is 21.1 Å². The van der Waals surface area contributed by atoms with Crippen LogP contribution in [0.1, 0.15) is 73.5 Å². The molecule has 1 rings (SSSR count). The summed E-state index contributed by atoms with van der Waals surface area (Å²) in [6.45, 7) is 10.4. The van der Waals surface area contributed by atoms with Gasteiger partial charge in [-0.05, 0) is 68.4 Å². The van der Waals surface area contributed by atoms with Crippen molar-refractivity contribution in [2.45, 2.75) is 66.7 Å². The molecule has 0 unspecified atom stereocenters. The van der Waals surface area contributed by atoms with Gasteiger partial charge in [0.05, 0.1) is 0 Å². The van der Waals surface area contributed by atoms with Crippen molar-refractivity contribution in [3.63, 3.8) is 0 Å². The van der Waals surface area contributed by atoms with Crippen LogP contribution in [0, 0.1) is 13.8 Å². The summed E-state index contributed by atoms with van der Waals surface area (Å²) in [6, 6.07) is 3.97. The van der Waals surface area contributed by atoms with Crippen LogP contribution in [0.3, 0.4) is 0 Å². The van der Waals surface area contributed by atoms with Gasteiger partial charge >= 0.3 is 0 Å². The van der Waals surface area contributed by atoms with E-state index < -0.39 is 0 Å². The van der Waals surface area contributed by atoms with Crippen LogP contribution in [0.4, 0.5) is 0 Å². The van der Waals surface area contributed by atoms with Crippen molar-refractivity contribution >= 4 is 5.91 Å². The normalized spacial score (nSPS) is 10.9. The number of rotatable bonds is 8. The number of nitrogens with one attached hydrogen (secondary N) is 2. The second-order valence-corrected chi connectivity index (χ2v) is 7.36. The van der Waals surface area contributed by atoms with Crippen molar-refractivity contribution in [1.29, 1.82) is 0 Å². The third-order valence-electron chi connectivity index (χ3n) is 4.48. The molecule has 0 saturated heterocycles. The summed E-state index contributed by atoms with van der Waals surface area (Å²) in [7, 11) is 5.24. The minimum absolute atomic E-state index is 0.00626. The number of allylic oxidation sites excluding steroid dienone is 2. The Morgan fingerprint density at radius 2 is 1.55 bits per heavy atom. The van der Waals surface area contributed by atoms with Gasteiger partial charge in [0.2, 0.25) is 0 Å². The van der Waals surface area contributed by atoms with Gasteiger partial charge in [0.25, 0.3) is 5.91 Å². The Morgan fingerprint density at radius 1 is 1.03 bits per heavy atom. The minimum atomic E-state index is -0.00626. The van der Waals surface area contributed by atoms with Crippen LogP contribution in [0.25, 0.3) is 0 Å².